The minimum Gasteiger partial charge on any atom is -0.480 e. The van der Waals surface area contributed by atoms with Gasteiger partial charge in [-0.05, 0) is 13.0 Å². The Bertz CT molecular complexity index is 332. The normalized spacial score (nSPS) is 12.4. The lowest BCUT2D eigenvalue weighted by Gasteiger charge is -2.04. The summed E-state index contributed by atoms with van der Waals surface area (Å²) in [6.07, 6.45) is 1.64. The first kappa shape index (κ1) is 10.9. The van der Waals surface area contributed by atoms with Crippen LogP contribution in [-0.2, 0) is 4.79 Å². The van der Waals surface area contributed by atoms with Crippen molar-refractivity contribution in [1.82, 2.24) is 9.97 Å². The average molecular weight is 213 g/mol. The predicted molar refractivity (Wildman–Crippen MR) is 53.1 cm³/mol. The summed E-state index contributed by atoms with van der Waals surface area (Å²) < 4.78 is 0. The summed E-state index contributed by atoms with van der Waals surface area (Å²) >= 11 is 1.24. The molecule has 3 N–H and O–H groups in total. The first-order valence-corrected chi connectivity index (χ1v) is 4.99. The smallest absolute Gasteiger partial charge is 0.321 e. The molecule has 0 saturated carbocycles. The molecular formula is C8H11N3O2S. The fourth-order valence-corrected chi connectivity index (χ4v) is 1.55. The van der Waals surface area contributed by atoms with Crippen LogP contribution in [0.1, 0.15) is 5.69 Å². The van der Waals surface area contributed by atoms with Crippen molar-refractivity contribution in [3.8, 4) is 0 Å². The van der Waals surface area contributed by atoms with E-state index in [1.165, 1.54) is 11.8 Å². The van der Waals surface area contributed by atoms with Crippen LogP contribution < -0.4 is 5.73 Å². The average Bonchev–Trinajstić information content (AvgIpc) is 2.14. The molecule has 6 heteroatoms. The summed E-state index contributed by atoms with van der Waals surface area (Å²) in [4.78, 5) is 18.5. The third-order valence-corrected chi connectivity index (χ3v) is 2.46. The van der Waals surface area contributed by atoms with Crippen molar-refractivity contribution in [3.63, 3.8) is 0 Å². The van der Waals surface area contributed by atoms with E-state index in [1.54, 1.807) is 12.3 Å². The zero-order valence-electron chi connectivity index (χ0n) is 7.67. The van der Waals surface area contributed by atoms with Gasteiger partial charge in [0.25, 0.3) is 0 Å². The van der Waals surface area contributed by atoms with Crippen LogP contribution in [0.25, 0.3) is 0 Å². The third kappa shape index (κ3) is 3.31. The van der Waals surface area contributed by atoms with Gasteiger partial charge in [0.15, 0.2) is 5.16 Å². The summed E-state index contributed by atoms with van der Waals surface area (Å²) in [7, 11) is 0. The molecule has 0 radical (unpaired) electrons. The number of rotatable bonds is 4. The third-order valence-electron chi connectivity index (χ3n) is 1.48. The van der Waals surface area contributed by atoms with Crippen LogP contribution in [0.3, 0.4) is 0 Å². The summed E-state index contributed by atoms with van der Waals surface area (Å²) in [6.45, 7) is 1.85. The fraction of sp³-hybridized carbons (Fsp3) is 0.375. The van der Waals surface area contributed by atoms with E-state index in [1.807, 2.05) is 6.92 Å². The summed E-state index contributed by atoms with van der Waals surface area (Å²) in [6, 6.07) is 0.908. The second kappa shape index (κ2) is 4.92. The lowest BCUT2D eigenvalue weighted by atomic mass is 10.4. The Morgan fingerprint density at radius 2 is 2.50 bits per heavy atom. The second-order valence-corrected chi connectivity index (χ2v) is 3.72. The van der Waals surface area contributed by atoms with E-state index >= 15 is 0 Å². The van der Waals surface area contributed by atoms with E-state index < -0.39 is 12.0 Å². The second-order valence-electron chi connectivity index (χ2n) is 2.74. The molecule has 0 aliphatic heterocycles. The van der Waals surface area contributed by atoms with Crippen LogP contribution in [0, 0.1) is 6.92 Å². The highest BCUT2D eigenvalue weighted by molar-refractivity contribution is 7.99. The predicted octanol–water partition coefficient (Wildman–Crippen LogP) is 0.289. The maximum atomic E-state index is 10.4. The van der Waals surface area contributed by atoms with Crippen molar-refractivity contribution in [3.05, 3.63) is 18.0 Å². The van der Waals surface area contributed by atoms with Crippen molar-refractivity contribution >= 4 is 17.7 Å². The van der Waals surface area contributed by atoms with Gasteiger partial charge >= 0.3 is 5.97 Å². The lowest BCUT2D eigenvalue weighted by molar-refractivity contribution is -0.137. The summed E-state index contributed by atoms with van der Waals surface area (Å²) in [5.74, 6) is -0.733. The van der Waals surface area contributed by atoms with E-state index in [4.69, 9.17) is 10.8 Å². The van der Waals surface area contributed by atoms with Crippen LogP contribution >= 0.6 is 11.8 Å². The lowest BCUT2D eigenvalue weighted by Crippen LogP contribution is -2.32. The monoisotopic (exact) mass is 213 g/mol. The zero-order valence-corrected chi connectivity index (χ0v) is 8.49. The molecule has 0 saturated heterocycles. The van der Waals surface area contributed by atoms with Crippen LogP contribution in [0.4, 0.5) is 0 Å². The Hall–Kier alpha value is -1.14. The maximum Gasteiger partial charge on any atom is 0.321 e. The Labute approximate surface area is 85.7 Å². The molecule has 5 nitrogen and oxygen atoms in total. The van der Waals surface area contributed by atoms with E-state index in [-0.39, 0.29) is 5.75 Å². The Morgan fingerprint density at radius 1 is 1.79 bits per heavy atom. The number of hydrogen-bond donors (Lipinski definition) is 2. The minimum absolute atomic E-state index is 0.277. The molecule has 0 spiro atoms. The molecule has 1 aromatic rings. The molecular weight excluding hydrogens is 202 g/mol. The largest absolute Gasteiger partial charge is 0.480 e. The highest BCUT2D eigenvalue weighted by atomic mass is 32.2. The van der Waals surface area contributed by atoms with Crippen LogP contribution in [0.15, 0.2) is 17.4 Å². The fourth-order valence-electron chi connectivity index (χ4n) is 0.731. The summed E-state index contributed by atoms with van der Waals surface area (Å²) in [5.41, 5.74) is 6.18. The highest BCUT2D eigenvalue weighted by Crippen LogP contribution is 2.12. The van der Waals surface area contributed by atoms with Crippen molar-refractivity contribution < 1.29 is 9.90 Å². The van der Waals surface area contributed by atoms with Crippen molar-refractivity contribution in [1.29, 1.82) is 0 Å². The number of hydrogen-bond acceptors (Lipinski definition) is 5. The maximum absolute atomic E-state index is 10.4. The number of aromatic nitrogens is 2. The van der Waals surface area contributed by atoms with Gasteiger partial charge in [0.1, 0.15) is 6.04 Å². The number of carboxylic acid groups (broad SMARTS) is 1. The molecule has 76 valence electrons. The Balaban J connectivity index is 2.49. The molecule has 0 amide bonds. The van der Waals surface area contributed by atoms with Gasteiger partial charge in [-0.2, -0.15) is 0 Å². The number of carbonyl (C=O) groups is 1. The van der Waals surface area contributed by atoms with Crippen LogP contribution in [0.5, 0.6) is 0 Å². The first-order valence-electron chi connectivity index (χ1n) is 4.00. The quantitative estimate of drug-likeness (QED) is 0.552. The van der Waals surface area contributed by atoms with Gasteiger partial charge in [0, 0.05) is 17.6 Å². The zero-order chi connectivity index (χ0) is 10.6. The molecule has 1 aromatic heterocycles. The van der Waals surface area contributed by atoms with Crippen LogP contribution in [0.2, 0.25) is 0 Å². The molecule has 1 unspecified atom stereocenters. The molecule has 1 heterocycles. The van der Waals surface area contributed by atoms with Gasteiger partial charge in [0.2, 0.25) is 0 Å². The van der Waals surface area contributed by atoms with Gasteiger partial charge in [-0.1, -0.05) is 11.8 Å². The summed E-state index contributed by atoms with van der Waals surface area (Å²) in [5, 5.41) is 9.09. The van der Waals surface area contributed by atoms with Gasteiger partial charge in [-0.15, -0.1) is 0 Å². The van der Waals surface area contributed by atoms with Gasteiger partial charge in [-0.25, -0.2) is 9.97 Å². The number of aliphatic carboxylic acids is 1. The number of thioether (sulfide) groups is 1. The SMILES string of the molecule is Cc1ccnc(SCC(N)C(=O)O)n1. The van der Waals surface area contributed by atoms with Crippen molar-refractivity contribution in [2.75, 3.05) is 5.75 Å². The number of aryl methyl sites for hydroxylation is 1. The Kier molecular flexibility index (Phi) is 3.84. The van der Waals surface area contributed by atoms with Gasteiger partial charge in [0.05, 0.1) is 0 Å². The van der Waals surface area contributed by atoms with Crippen molar-refractivity contribution in [2.45, 2.75) is 18.1 Å². The first-order chi connectivity index (χ1) is 6.59. The minimum atomic E-state index is -1.01. The van der Waals surface area contributed by atoms with Crippen LogP contribution in [-0.4, -0.2) is 32.8 Å². The standard InChI is InChI=1S/C8H11N3O2S/c1-5-2-3-10-8(11-5)14-4-6(9)7(12)13/h2-3,6H,4,9H2,1H3,(H,12,13). The molecule has 14 heavy (non-hydrogen) atoms. The highest BCUT2D eigenvalue weighted by Gasteiger charge is 2.12. The van der Waals surface area contributed by atoms with E-state index in [0.717, 1.165) is 5.69 Å². The van der Waals surface area contributed by atoms with Gasteiger partial charge in [-0.3, -0.25) is 4.79 Å². The number of nitrogens with two attached hydrogens (primary N) is 1. The number of nitrogens with zero attached hydrogens (tertiary/aromatic N) is 2. The van der Waals surface area contributed by atoms with E-state index in [2.05, 4.69) is 9.97 Å². The molecule has 1 rings (SSSR count). The van der Waals surface area contributed by atoms with Crippen molar-refractivity contribution in [2.24, 2.45) is 5.73 Å². The molecule has 0 bridgehead atoms. The topological polar surface area (TPSA) is 89.1 Å². The molecule has 0 fully saturated rings. The Morgan fingerprint density at radius 3 is 3.07 bits per heavy atom. The molecule has 0 aliphatic carbocycles. The number of carboxylic acids is 1. The molecule has 0 aromatic carbocycles. The van der Waals surface area contributed by atoms with E-state index in [0.29, 0.717) is 5.16 Å². The van der Waals surface area contributed by atoms with Gasteiger partial charge < -0.3 is 10.8 Å². The van der Waals surface area contributed by atoms with E-state index in [9.17, 15) is 4.79 Å². The molecule has 0 aliphatic rings. The molecule has 1 atom stereocenters.